The van der Waals surface area contributed by atoms with E-state index < -0.39 is 36.3 Å². The Morgan fingerprint density at radius 1 is 0.767 bits per heavy atom. The molecule has 0 fully saturated rings. The number of carboxylic acid groups (broad SMARTS) is 1. The van der Waals surface area contributed by atoms with Crippen LogP contribution in [0.15, 0.2) is 0 Å². The van der Waals surface area contributed by atoms with Gasteiger partial charge in [-0.25, -0.2) is 4.79 Å². The lowest BCUT2D eigenvalue weighted by Gasteiger charge is -2.23. The number of aliphatic hydroxyl groups excluding tert-OH is 4. The van der Waals surface area contributed by atoms with Crippen molar-refractivity contribution < 1.29 is 53.7 Å². The monoisotopic (exact) mass is 434 g/mol. The molecule has 30 heavy (non-hydrogen) atoms. The molecule has 0 aromatic rings. The quantitative estimate of drug-likeness (QED) is 0.213. The molecule has 1 amide bonds. The van der Waals surface area contributed by atoms with Crippen LogP contribution < -0.4 is 11.1 Å². The van der Waals surface area contributed by atoms with E-state index in [1.54, 1.807) is 0 Å². The third-order valence-corrected chi connectivity index (χ3v) is 2.46. The van der Waals surface area contributed by atoms with Gasteiger partial charge < -0.3 is 31.3 Å². The summed E-state index contributed by atoms with van der Waals surface area (Å²) in [5.74, 6) is 24.3. The first-order chi connectivity index (χ1) is 14.3. The van der Waals surface area contributed by atoms with Gasteiger partial charge in [0.1, 0.15) is 12.2 Å². The molecule has 178 valence electrons. The van der Waals surface area contributed by atoms with Crippen LogP contribution in [0.3, 0.4) is 0 Å². The van der Waals surface area contributed by atoms with Gasteiger partial charge in [0.2, 0.25) is 0 Å². The number of carboxylic acids is 1. The van der Waals surface area contributed by atoms with E-state index in [0.29, 0.717) is 0 Å². The Kier molecular flexibility index (Phi) is 16.8. The third kappa shape index (κ3) is 12.9. The van der Waals surface area contributed by atoms with E-state index >= 15 is 0 Å². The Hall–Kier alpha value is -4.34. The number of aliphatic hydroxyl groups is 4. The van der Waals surface area contributed by atoms with Gasteiger partial charge in [-0.15, -0.1) is 6.42 Å². The van der Waals surface area contributed by atoms with Crippen molar-refractivity contribution >= 4 is 11.9 Å². The fraction of sp³-hybridized carbons (Fsp3) is 0.238. The zero-order chi connectivity index (χ0) is 23.4. The van der Waals surface area contributed by atoms with Crippen molar-refractivity contribution in [1.29, 1.82) is 0 Å². The number of nitrogens with two attached hydrogens (primary N) is 1. The number of aliphatic carboxylic acids is 1. The molecule has 0 spiro atoms. The number of carbonyl (C=O) groups is 2. The summed E-state index contributed by atoms with van der Waals surface area (Å²) in [6.45, 7) is 0. The van der Waals surface area contributed by atoms with Gasteiger partial charge in [0, 0.05) is 60.1 Å². The second-order valence-electron chi connectivity index (χ2n) is 4.34. The maximum Gasteiger partial charge on any atom is 0.335 e. The average Bonchev–Trinajstić information content (AvgIpc) is 2.75. The molecule has 0 heterocycles. The highest BCUT2D eigenvalue weighted by atomic mass is 16.4. The largest absolute Gasteiger partial charge is 0.479 e. The molecule has 0 aromatic heterocycles. The van der Waals surface area contributed by atoms with Crippen LogP contribution in [-0.4, -0.2) is 68.9 Å². The van der Waals surface area contributed by atoms with Crippen LogP contribution in [0.5, 0.6) is 0 Å². The molecule has 0 aliphatic rings. The van der Waals surface area contributed by atoms with E-state index in [0.717, 1.165) is 0 Å². The van der Waals surface area contributed by atoms with Crippen molar-refractivity contribution in [2.24, 2.45) is 5.73 Å². The van der Waals surface area contributed by atoms with Crippen LogP contribution in [0.1, 0.15) is 18.5 Å². The normalized spacial score (nSPS) is 11.2. The van der Waals surface area contributed by atoms with Gasteiger partial charge in [-0.05, 0) is 42.6 Å². The Bertz CT molecular complexity index is 1060. The van der Waals surface area contributed by atoms with Crippen molar-refractivity contribution in [3.05, 3.63) is 0 Å². The minimum atomic E-state index is -2.39. The summed E-state index contributed by atoms with van der Waals surface area (Å²) in [5, 5.41) is 47.7. The van der Waals surface area contributed by atoms with Gasteiger partial charge >= 0.3 is 5.97 Å². The number of terminal acetylenes is 1. The average molecular weight is 435 g/mol. The molecule has 0 radical (unpaired) electrons. The Labute approximate surface area is 193 Å². The molecule has 4 atom stereocenters. The SMILES string of the molecule is C#CC#CC#CC#CC#CC#CC#CNC(=O)[C@@H](O)[C@H](O)[C@@H](O)[C@@H](O)C(=O)O.CN.[HH].[HH].[HH].[HH].[HH].[HH].[HH].[HH].[HH].[HH].[HH].[HH].[HH]. The number of carbonyl (C=O) groups excluding carboxylic acids is 1. The summed E-state index contributed by atoms with van der Waals surface area (Å²) < 4.78 is 0. The van der Waals surface area contributed by atoms with E-state index in [1.807, 2.05) is 11.4 Å². The number of amides is 1. The highest BCUT2D eigenvalue weighted by Crippen LogP contribution is 2.05. The maximum absolute atomic E-state index is 11.5. The van der Waals surface area contributed by atoms with Gasteiger partial charge in [-0.1, -0.05) is 0 Å². The molecule has 0 unspecified atom stereocenters. The summed E-state index contributed by atoms with van der Waals surface area (Å²) in [4.78, 5) is 22.0. The first kappa shape index (κ1) is 27.9. The van der Waals surface area contributed by atoms with E-state index in [1.165, 1.54) is 7.05 Å². The Morgan fingerprint density at radius 2 is 1.13 bits per heavy atom. The highest BCUT2D eigenvalue weighted by Gasteiger charge is 2.37. The van der Waals surface area contributed by atoms with E-state index in [4.69, 9.17) is 16.6 Å². The van der Waals surface area contributed by atoms with Crippen molar-refractivity contribution in [1.82, 2.24) is 5.32 Å². The number of rotatable bonds is 5. The van der Waals surface area contributed by atoms with Crippen LogP contribution in [0.2, 0.25) is 0 Å². The summed E-state index contributed by atoms with van der Waals surface area (Å²) in [6, 6.07) is 2.03. The zero-order valence-electron chi connectivity index (χ0n) is 15.5. The second-order valence-corrected chi connectivity index (χ2v) is 4.34. The minimum Gasteiger partial charge on any atom is -0.479 e. The molecular formula is C21H42N2O7. The van der Waals surface area contributed by atoms with E-state index in [2.05, 4.69) is 76.8 Å². The molecule has 0 rings (SSSR count). The Balaban J connectivity index is -0.0000000393. The zero-order valence-corrected chi connectivity index (χ0v) is 15.5. The highest BCUT2D eigenvalue weighted by molar-refractivity contribution is 5.83. The van der Waals surface area contributed by atoms with Gasteiger partial charge in [0.15, 0.2) is 12.2 Å². The predicted octanol–water partition coefficient (Wildman–Crippen LogP) is -0.985. The molecule has 0 aliphatic carbocycles. The standard InChI is InChI=1S/C20H11NO7.CH5N.13H2/c1-2-3-4-5-6-7-8-9-10-11-12-13-14-21-19(26)17(24)15(22)16(23)18(25)20(27)28;1-2;;;;;;;;;;;;;/h1,15-18,22-25H,(H,21,26)(H,27,28);2H2,1H3;13*1H/t15-,16-,17+,18-;;;;;;;;;;;;;;/m1............../s1. The minimum absolute atomic E-state index is 0. The summed E-state index contributed by atoms with van der Waals surface area (Å²) in [5.41, 5.74) is 4.50. The Morgan fingerprint density at radius 3 is 1.53 bits per heavy atom. The molecule has 0 aliphatic heterocycles. The third-order valence-electron chi connectivity index (χ3n) is 2.46. The fourth-order valence-electron chi connectivity index (χ4n) is 1.19. The molecule has 9 nitrogen and oxygen atoms in total. The predicted molar refractivity (Wildman–Crippen MR) is 133 cm³/mol. The summed E-state index contributed by atoms with van der Waals surface area (Å²) in [6.07, 6.45) is -4.31. The van der Waals surface area contributed by atoms with Gasteiger partial charge in [-0.2, -0.15) is 0 Å². The van der Waals surface area contributed by atoms with Crippen molar-refractivity contribution in [2.45, 2.75) is 24.4 Å². The first-order valence-corrected chi connectivity index (χ1v) is 7.61. The molecule has 0 bridgehead atoms. The number of hydrogen-bond donors (Lipinski definition) is 7. The molecule has 8 N–H and O–H groups in total. The van der Waals surface area contributed by atoms with Crippen LogP contribution in [-0.2, 0) is 9.59 Å². The molecule has 0 saturated carbocycles. The van der Waals surface area contributed by atoms with Crippen LogP contribution >= 0.6 is 0 Å². The fourth-order valence-corrected chi connectivity index (χ4v) is 1.19. The lowest BCUT2D eigenvalue weighted by Crippen LogP contribution is -2.52. The van der Waals surface area contributed by atoms with Crippen LogP contribution in [0, 0.1) is 83.5 Å². The number of nitrogens with one attached hydrogen (secondary N) is 1. The number of hydrogen-bond acceptors (Lipinski definition) is 7. The van der Waals surface area contributed by atoms with Crippen LogP contribution in [0.25, 0.3) is 0 Å². The lowest BCUT2D eigenvalue weighted by atomic mass is 10.0. The van der Waals surface area contributed by atoms with Gasteiger partial charge in [0.25, 0.3) is 5.91 Å². The summed E-state index contributed by atoms with van der Waals surface area (Å²) in [7, 11) is 1.50. The molecule has 9 heteroatoms. The van der Waals surface area contributed by atoms with Gasteiger partial charge in [0.05, 0.1) is 0 Å². The van der Waals surface area contributed by atoms with E-state index in [9.17, 15) is 24.9 Å². The summed E-state index contributed by atoms with van der Waals surface area (Å²) >= 11 is 0. The molecule has 0 aromatic carbocycles. The molecular weight excluding hydrogens is 392 g/mol. The van der Waals surface area contributed by atoms with Gasteiger partial charge in [-0.3, -0.25) is 10.1 Å². The van der Waals surface area contributed by atoms with Crippen molar-refractivity contribution in [3.8, 4) is 83.5 Å². The topological polar surface area (TPSA) is 173 Å². The maximum atomic E-state index is 11.5. The second kappa shape index (κ2) is 18.0. The van der Waals surface area contributed by atoms with Crippen molar-refractivity contribution in [3.63, 3.8) is 0 Å². The van der Waals surface area contributed by atoms with Crippen molar-refractivity contribution in [2.75, 3.05) is 7.05 Å². The smallest absolute Gasteiger partial charge is 0.335 e. The molecule has 0 saturated heterocycles. The van der Waals surface area contributed by atoms with E-state index in [-0.39, 0.29) is 18.5 Å². The lowest BCUT2D eigenvalue weighted by molar-refractivity contribution is -0.166. The first-order valence-electron chi connectivity index (χ1n) is 7.61. The van der Waals surface area contributed by atoms with Crippen LogP contribution in [0.4, 0.5) is 0 Å².